The highest BCUT2D eigenvalue weighted by Gasteiger charge is 2.25. The summed E-state index contributed by atoms with van der Waals surface area (Å²) in [4.78, 5) is 1.86. The zero-order chi connectivity index (χ0) is 18.0. The maximum atomic E-state index is 12.7. The number of alkyl halides is 2. The van der Waals surface area contributed by atoms with Gasteiger partial charge in [-0.25, -0.2) is 8.42 Å². The predicted molar refractivity (Wildman–Crippen MR) is 90.1 cm³/mol. The van der Waals surface area contributed by atoms with Gasteiger partial charge in [0, 0.05) is 13.1 Å². The van der Waals surface area contributed by atoms with Gasteiger partial charge in [-0.05, 0) is 35.9 Å². The maximum absolute atomic E-state index is 12.7. The minimum atomic E-state index is -4.06. The van der Waals surface area contributed by atoms with Gasteiger partial charge in [0.05, 0.1) is 5.69 Å². The summed E-state index contributed by atoms with van der Waals surface area (Å²) >= 11 is 0. The van der Waals surface area contributed by atoms with Crippen molar-refractivity contribution in [3.63, 3.8) is 0 Å². The molecule has 0 saturated heterocycles. The molecule has 134 valence electrons. The summed E-state index contributed by atoms with van der Waals surface area (Å²) in [5.74, 6) is -0.382. The summed E-state index contributed by atoms with van der Waals surface area (Å²) < 4.78 is 57.3. The van der Waals surface area contributed by atoms with Gasteiger partial charge in [0.1, 0.15) is 10.6 Å². The van der Waals surface area contributed by atoms with Gasteiger partial charge >= 0.3 is 6.61 Å². The number of nitrogens with one attached hydrogen (secondary N) is 1. The molecule has 0 aromatic heterocycles. The van der Waals surface area contributed by atoms with Crippen LogP contribution >= 0.6 is 0 Å². The van der Waals surface area contributed by atoms with Gasteiger partial charge in [-0.3, -0.25) is 9.62 Å². The van der Waals surface area contributed by atoms with Crippen LogP contribution in [0.25, 0.3) is 0 Å². The van der Waals surface area contributed by atoms with Gasteiger partial charge in [-0.15, -0.1) is 0 Å². The van der Waals surface area contributed by atoms with Crippen molar-refractivity contribution >= 4 is 15.7 Å². The second-order valence-electron chi connectivity index (χ2n) is 5.68. The molecule has 2 aromatic rings. The van der Waals surface area contributed by atoms with E-state index in [1.807, 2.05) is 13.0 Å². The SMILES string of the molecule is CCN1Cc2cccc(NS(=O)(=O)c3ccccc3OC(F)F)c2C1. The fourth-order valence-electron chi connectivity index (χ4n) is 2.87. The van der Waals surface area contributed by atoms with Crippen LogP contribution in [0.1, 0.15) is 18.1 Å². The number of hydrogen-bond donors (Lipinski definition) is 1. The third-order valence-electron chi connectivity index (χ3n) is 4.09. The van der Waals surface area contributed by atoms with Gasteiger partial charge in [-0.1, -0.05) is 31.2 Å². The molecule has 0 radical (unpaired) electrons. The number of benzene rings is 2. The minimum Gasteiger partial charge on any atom is -0.433 e. The highest BCUT2D eigenvalue weighted by Crippen LogP contribution is 2.32. The van der Waals surface area contributed by atoms with Crippen LogP contribution < -0.4 is 9.46 Å². The van der Waals surface area contributed by atoms with Gasteiger partial charge in [0.25, 0.3) is 10.0 Å². The predicted octanol–water partition coefficient (Wildman–Crippen LogP) is 3.42. The third-order valence-corrected chi connectivity index (χ3v) is 5.50. The van der Waals surface area contributed by atoms with E-state index in [1.54, 1.807) is 12.1 Å². The van der Waals surface area contributed by atoms with Crippen LogP contribution in [0.15, 0.2) is 47.4 Å². The van der Waals surface area contributed by atoms with Crippen molar-refractivity contribution in [2.45, 2.75) is 31.5 Å². The van der Waals surface area contributed by atoms with E-state index in [0.717, 1.165) is 24.2 Å². The highest BCUT2D eigenvalue weighted by molar-refractivity contribution is 7.92. The monoisotopic (exact) mass is 368 g/mol. The molecular formula is C17H18F2N2O3S. The van der Waals surface area contributed by atoms with Crippen LogP contribution in [0.3, 0.4) is 0 Å². The van der Waals surface area contributed by atoms with E-state index in [0.29, 0.717) is 12.2 Å². The van der Waals surface area contributed by atoms with E-state index in [1.165, 1.54) is 24.3 Å². The molecule has 2 aromatic carbocycles. The Morgan fingerprint density at radius 2 is 1.92 bits per heavy atom. The number of para-hydroxylation sites is 1. The van der Waals surface area contributed by atoms with Crippen molar-refractivity contribution in [3.8, 4) is 5.75 Å². The third kappa shape index (κ3) is 3.74. The second kappa shape index (κ2) is 6.97. The molecule has 0 unspecified atom stereocenters. The Kier molecular flexibility index (Phi) is 4.91. The van der Waals surface area contributed by atoms with Crippen molar-refractivity contribution in [1.29, 1.82) is 0 Å². The first-order valence-corrected chi connectivity index (χ1v) is 9.29. The van der Waals surface area contributed by atoms with Crippen LogP contribution in [0.4, 0.5) is 14.5 Å². The smallest absolute Gasteiger partial charge is 0.387 e. The number of anilines is 1. The fraction of sp³-hybridized carbons (Fsp3) is 0.294. The van der Waals surface area contributed by atoms with E-state index in [9.17, 15) is 17.2 Å². The van der Waals surface area contributed by atoms with Crippen molar-refractivity contribution in [1.82, 2.24) is 4.90 Å². The molecule has 0 spiro atoms. The molecule has 0 saturated carbocycles. The molecule has 5 nitrogen and oxygen atoms in total. The molecule has 0 atom stereocenters. The molecular weight excluding hydrogens is 350 g/mol. The summed E-state index contributed by atoms with van der Waals surface area (Å²) in [5.41, 5.74) is 2.42. The molecule has 3 rings (SSSR count). The van der Waals surface area contributed by atoms with Gasteiger partial charge in [-0.2, -0.15) is 8.78 Å². The largest absolute Gasteiger partial charge is 0.433 e. The number of halogens is 2. The van der Waals surface area contributed by atoms with Crippen molar-refractivity contribution < 1.29 is 21.9 Å². The number of nitrogens with zero attached hydrogens (tertiary/aromatic N) is 1. The molecule has 1 aliphatic heterocycles. The Hall–Kier alpha value is -2.19. The summed E-state index contributed by atoms with van der Waals surface area (Å²) in [6, 6.07) is 10.7. The number of hydrogen-bond acceptors (Lipinski definition) is 4. The molecule has 1 aliphatic rings. The zero-order valence-corrected chi connectivity index (χ0v) is 14.4. The molecule has 0 amide bonds. The topological polar surface area (TPSA) is 58.6 Å². The van der Waals surface area contributed by atoms with E-state index >= 15 is 0 Å². The number of rotatable bonds is 6. The van der Waals surface area contributed by atoms with E-state index in [4.69, 9.17) is 0 Å². The summed E-state index contributed by atoms with van der Waals surface area (Å²) in [5, 5.41) is 0. The highest BCUT2D eigenvalue weighted by atomic mass is 32.2. The molecule has 0 fully saturated rings. The van der Waals surface area contributed by atoms with E-state index in [-0.39, 0.29) is 10.6 Å². The standard InChI is InChI=1S/C17H18F2N2O3S/c1-2-21-10-12-6-5-7-14(13(12)11-21)20-25(22,23)16-9-4-3-8-15(16)24-17(18)19/h3-9,17,20H,2,10-11H2,1H3. The molecule has 0 bridgehead atoms. The first-order valence-electron chi connectivity index (χ1n) is 7.80. The average molecular weight is 368 g/mol. The summed E-state index contributed by atoms with van der Waals surface area (Å²) in [6.07, 6.45) is 0. The molecule has 1 N–H and O–H groups in total. The fourth-order valence-corrected chi connectivity index (χ4v) is 4.10. The second-order valence-corrected chi connectivity index (χ2v) is 7.33. The van der Waals surface area contributed by atoms with Gasteiger partial charge in [0.15, 0.2) is 0 Å². The van der Waals surface area contributed by atoms with E-state index < -0.39 is 16.6 Å². The van der Waals surface area contributed by atoms with Gasteiger partial charge in [0.2, 0.25) is 0 Å². The Balaban J connectivity index is 1.93. The molecule has 8 heteroatoms. The Morgan fingerprint density at radius 3 is 2.64 bits per heavy atom. The Bertz CT molecular complexity index is 872. The first-order chi connectivity index (χ1) is 11.9. The maximum Gasteiger partial charge on any atom is 0.387 e. The molecule has 0 aliphatic carbocycles. The molecule has 25 heavy (non-hydrogen) atoms. The quantitative estimate of drug-likeness (QED) is 0.849. The summed E-state index contributed by atoms with van der Waals surface area (Å²) in [7, 11) is -4.06. The number of fused-ring (bicyclic) bond motifs is 1. The lowest BCUT2D eigenvalue weighted by atomic mass is 10.1. The van der Waals surface area contributed by atoms with Crippen LogP contribution in [0, 0.1) is 0 Å². The lowest BCUT2D eigenvalue weighted by Gasteiger charge is -2.15. The normalized spacial score (nSPS) is 14.6. The first kappa shape index (κ1) is 17.6. The number of ether oxygens (including phenoxy) is 1. The van der Waals surface area contributed by atoms with Gasteiger partial charge < -0.3 is 4.74 Å². The average Bonchev–Trinajstić information content (AvgIpc) is 2.99. The van der Waals surface area contributed by atoms with Crippen molar-refractivity contribution in [3.05, 3.63) is 53.6 Å². The Morgan fingerprint density at radius 1 is 1.16 bits per heavy atom. The zero-order valence-electron chi connectivity index (χ0n) is 13.6. The van der Waals surface area contributed by atoms with Crippen molar-refractivity contribution in [2.75, 3.05) is 11.3 Å². The number of sulfonamides is 1. The minimum absolute atomic E-state index is 0.321. The molecule has 1 heterocycles. The van der Waals surface area contributed by atoms with E-state index in [2.05, 4.69) is 14.4 Å². The van der Waals surface area contributed by atoms with Crippen molar-refractivity contribution in [2.24, 2.45) is 0 Å². The van der Waals surface area contributed by atoms with Crippen LogP contribution in [0.5, 0.6) is 5.75 Å². The lowest BCUT2D eigenvalue weighted by Crippen LogP contribution is -2.17. The van der Waals surface area contributed by atoms with Crippen LogP contribution in [-0.4, -0.2) is 26.5 Å². The van der Waals surface area contributed by atoms with Crippen LogP contribution in [0.2, 0.25) is 0 Å². The Labute approximate surface area is 145 Å². The van der Waals surface area contributed by atoms with Crippen LogP contribution in [-0.2, 0) is 23.1 Å². The lowest BCUT2D eigenvalue weighted by molar-refractivity contribution is -0.0517. The summed E-state index contributed by atoms with van der Waals surface area (Å²) in [6.45, 7) is 1.18.